The van der Waals surface area contributed by atoms with E-state index in [9.17, 15) is 13.6 Å². The maximum Gasteiger partial charge on any atom is 0.272 e. The molecule has 3 rings (SSSR count). The van der Waals surface area contributed by atoms with Crippen LogP contribution < -0.4 is 10.1 Å². The van der Waals surface area contributed by atoms with Gasteiger partial charge in [0.25, 0.3) is 6.43 Å². The minimum Gasteiger partial charge on any atom is -0.487 e. The molecule has 1 N–H and O–H groups in total. The summed E-state index contributed by atoms with van der Waals surface area (Å²) in [6, 6.07) is 14.3. The number of rotatable bonds is 7. The Balaban J connectivity index is 1.83. The Hall–Kier alpha value is -2.63. The zero-order chi connectivity index (χ0) is 19.2. The van der Waals surface area contributed by atoms with E-state index in [-0.39, 0.29) is 5.91 Å². The van der Waals surface area contributed by atoms with Gasteiger partial charge in [0, 0.05) is 24.8 Å². The van der Waals surface area contributed by atoms with Crippen molar-refractivity contribution in [2.24, 2.45) is 0 Å². The predicted octanol–water partition coefficient (Wildman–Crippen LogP) is 4.41. The number of nitrogens with one attached hydrogen (secondary N) is 1. The van der Waals surface area contributed by atoms with Gasteiger partial charge in [-0.25, -0.2) is 8.78 Å². The Labute approximate surface area is 158 Å². The van der Waals surface area contributed by atoms with Crippen molar-refractivity contribution in [2.75, 3.05) is 25.0 Å². The number of hydrogen-bond acceptors (Lipinski definition) is 3. The van der Waals surface area contributed by atoms with E-state index < -0.39 is 19.1 Å². The zero-order valence-corrected chi connectivity index (χ0v) is 15.3. The summed E-state index contributed by atoms with van der Waals surface area (Å²) in [5.74, 6) is 0.412. The highest BCUT2D eigenvalue weighted by atomic mass is 19.3. The number of carbonyl (C=O) groups is 1. The topological polar surface area (TPSA) is 41.6 Å². The van der Waals surface area contributed by atoms with Gasteiger partial charge in [-0.15, -0.1) is 0 Å². The number of benzene rings is 2. The summed E-state index contributed by atoms with van der Waals surface area (Å²) < 4.78 is 30.1. The molecule has 0 spiro atoms. The summed E-state index contributed by atoms with van der Waals surface area (Å²) >= 11 is 0. The number of anilines is 1. The molecule has 0 radical (unpaired) electrons. The van der Waals surface area contributed by atoms with E-state index >= 15 is 0 Å². The lowest BCUT2D eigenvalue weighted by Crippen LogP contribution is -2.36. The summed E-state index contributed by atoms with van der Waals surface area (Å²) in [5.41, 5.74) is 2.29. The van der Waals surface area contributed by atoms with Crippen molar-refractivity contribution < 1.29 is 18.3 Å². The second kappa shape index (κ2) is 8.84. The molecule has 144 valence electrons. The van der Waals surface area contributed by atoms with Gasteiger partial charge in [0.05, 0.1) is 0 Å². The van der Waals surface area contributed by atoms with Gasteiger partial charge in [0.15, 0.2) is 0 Å². The van der Waals surface area contributed by atoms with Crippen molar-refractivity contribution >= 4 is 11.6 Å². The Morgan fingerprint density at radius 3 is 2.52 bits per heavy atom. The number of nitrogens with zero attached hydrogens (tertiary/aromatic N) is 1. The van der Waals surface area contributed by atoms with Gasteiger partial charge in [0.1, 0.15) is 18.4 Å². The Bertz CT molecular complexity index is 762. The molecule has 1 atom stereocenters. The van der Waals surface area contributed by atoms with E-state index in [1.807, 2.05) is 41.3 Å². The van der Waals surface area contributed by atoms with Crippen LogP contribution in [0.3, 0.4) is 0 Å². The highest BCUT2D eigenvalue weighted by Crippen LogP contribution is 2.28. The van der Waals surface area contributed by atoms with Crippen molar-refractivity contribution in [3.63, 3.8) is 0 Å². The average molecular weight is 374 g/mol. The fourth-order valence-electron chi connectivity index (χ4n) is 3.22. The Morgan fingerprint density at radius 1 is 1.15 bits per heavy atom. The summed E-state index contributed by atoms with van der Waals surface area (Å²) in [4.78, 5) is 14.9. The van der Waals surface area contributed by atoms with Crippen molar-refractivity contribution in [3.8, 4) is 5.75 Å². The largest absolute Gasteiger partial charge is 0.487 e. The second-order valence-electron chi connectivity index (χ2n) is 6.70. The first-order valence-corrected chi connectivity index (χ1v) is 9.16. The number of aryl methyl sites for hydroxylation is 1. The molecule has 2 aromatic carbocycles. The lowest BCUT2D eigenvalue weighted by molar-refractivity contribution is -0.131. The van der Waals surface area contributed by atoms with E-state index in [0.29, 0.717) is 11.4 Å². The zero-order valence-electron chi connectivity index (χ0n) is 15.3. The highest BCUT2D eigenvalue weighted by Gasteiger charge is 2.27. The molecule has 0 saturated carbocycles. The standard InChI is InChI=1S/C21H24F2N2O2/c1-15-9-10-17(13-18(15)27-14-19(22)23)24-20(16-7-3-2-4-8-16)21(26)25-11-5-6-12-25/h2-4,7-10,13,19-20,24H,5-6,11-12,14H2,1H3. The fourth-order valence-corrected chi connectivity index (χ4v) is 3.22. The number of carbonyl (C=O) groups excluding carboxylic acids is 1. The molecule has 1 fully saturated rings. The summed E-state index contributed by atoms with van der Waals surface area (Å²) in [6.07, 6.45) is -0.498. The molecular weight excluding hydrogens is 350 g/mol. The molecule has 6 heteroatoms. The van der Waals surface area contributed by atoms with Crippen LogP contribution in [0.15, 0.2) is 48.5 Å². The SMILES string of the molecule is Cc1ccc(NC(C(=O)N2CCCC2)c2ccccc2)cc1OCC(F)F. The molecule has 0 bridgehead atoms. The molecular formula is C21H24F2N2O2. The van der Waals surface area contributed by atoms with Gasteiger partial charge in [-0.05, 0) is 37.0 Å². The first-order chi connectivity index (χ1) is 13.0. The van der Waals surface area contributed by atoms with E-state index in [1.165, 1.54) is 0 Å². The van der Waals surface area contributed by atoms with Crippen molar-refractivity contribution in [3.05, 3.63) is 59.7 Å². The van der Waals surface area contributed by atoms with Gasteiger partial charge in [-0.3, -0.25) is 4.79 Å². The molecule has 1 saturated heterocycles. The predicted molar refractivity (Wildman–Crippen MR) is 101 cm³/mol. The van der Waals surface area contributed by atoms with Crippen LogP contribution in [0.2, 0.25) is 0 Å². The van der Waals surface area contributed by atoms with Gasteiger partial charge < -0.3 is 15.0 Å². The third kappa shape index (κ3) is 4.96. The molecule has 0 aromatic heterocycles. The minimum absolute atomic E-state index is 0.0225. The second-order valence-corrected chi connectivity index (χ2v) is 6.70. The maximum atomic E-state index is 13.1. The number of amides is 1. The minimum atomic E-state index is -2.53. The highest BCUT2D eigenvalue weighted by molar-refractivity contribution is 5.86. The monoisotopic (exact) mass is 374 g/mol. The van der Waals surface area contributed by atoms with E-state index in [2.05, 4.69) is 5.32 Å². The molecule has 1 amide bonds. The first-order valence-electron chi connectivity index (χ1n) is 9.16. The third-order valence-electron chi connectivity index (χ3n) is 4.66. The van der Waals surface area contributed by atoms with E-state index in [0.717, 1.165) is 37.1 Å². The number of ether oxygens (including phenoxy) is 1. The van der Waals surface area contributed by atoms with Crippen molar-refractivity contribution in [2.45, 2.75) is 32.2 Å². The molecule has 0 aliphatic carbocycles. The van der Waals surface area contributed by atoms with Crippen LogP contribution >= 0.6 is 0 Å². The fraction of sp³-hybridized carbons (Fsp3) is 0.381. The van der Waals surface area contributed by atoms with Crippen LogP contribution in [-0.4, -0.2) is 36.9 Å². The van der Waals surface area contributed by atoms with Gasteiger partial charge in [-0.1, -0.05) is 36.4 Å². The lowest BCUT2D eigenvalue weighted by Gasteiger charge is -2.25. The molecule has 2 aromatic rings. The molecule has 1 unspecified atom stereocenters. The van der Waals surface area contributed by atoms with Gasteiger partial charge in [-0.2, -0.15) is 0 Å². The van der Waals surface area contributed by atoms with Gasteiger partial charge >= 0.3 is 0 Å². The number of hydrogen-bond donors (Lipinski definition) is 1. The van der Waals surface area contributed by atoms with Crippen LogP contribution in [0.25, 0.3) is 0 Å². The van der Waals surface area contributed by atoms with Crippen LogP contribution in [0, 0.1) is 6.92 Å². The van der Waals surface area contributed by atoms with Gasteiger partial charge in [0.2, 0.25) is 5.91 Å². The van der Waals surface area contributed by atoms with E-state index in [4.69, 9.17) is 4.74 Å². The van der Waals surface area contributed by atoms with Crippen LogP contribution in [0.5, 0.6) is 5.75 Å². The molecule has 1 aliphatic rings. The normalized spacial score (nSPS) is 15.0. The lowest BCUT2D eigenvalue weighted by atomic mass is 10.0. The number of alkyl halides is 2. The van der Waals surface area contributed by atoms with Crippen LogP contribution in [0.1, 0.15) is 30.0 Å². The summed E-state index contributed by atoms with van der Waals surface area (Å²) in [5, 5.41) is 3.27. The Kier molecular flexibility index (Phi) is 6.27. The number of likely N-dealkylation sites (tertiary alicyclic amines) is 1. The number of halogens is 2. The summed E-state index contributed by atoms with van der Waals surface area (Å²) in [7, 11) is 0. The van der Waals surface area contributed by atoms with Crippen molar-refractivity contribution in [1.29, 1.82) is 0 Å². The Morgan fingerprint density at radius 2 is 1.85 bits per heavy atom. The molecule has 4 nitrogen and oxygen atoms in total. The first kappa shape index (κ1) is 19.1. The third-order valence-corrected chi connectivity index (χ3v) is 4.66. The maximum absolute atomic E-state index is 13.1. The molecule has 1 aliphatic heterocycles. The molecule has 27 heavy (non-hydrogen) atoms. The van der Waals surface area contributed by atoms with Crippen LogP contribution in [-0.2, 0) is 4.79 Å². The average Bonchev–Trinajstić information content (AvgIpc) is 3.21. The van der Waals surface area contributed by atoms with E-state index in [1.54, 1.807) is 19.1 Å². The summed E-state index contributed by atoms with van der Waals surface area (Å²) in [6.45, 7) is 2.68. The quantitative estimate of drug-likeness (QED) is 0.780. The smallest absolute Gasteiger partial charge is 0.272 e. The van der Waals surface area contributed by atoms with Crippen LogP contribution in [0.4, 0.5) is 14.5 Å². The van der Waals surface area contributed by atoms with Crippen molar-refractivity contribution in [1.82, 2.24) is 4.90 Å². The molecule has 1 heterocycles.